The van der Waals surface area contributed by atoms with Crippen molar-refractivity contribution in [3.8, 4) is 11.4 Å². The van der Waals surface area contributed by atoms with Crippen molar-refractivity contribution in [2.45, 2.75) is 19.3 Å². The van der Waals surface area contributed by atoms with Gasteiger partial charge < -0.3 is 9.64 Å². The van der Waals surface area contributed by atoms with Crippen molar-refractivity contribution < 1.29 is 4.74 Å². The Morgan fingerprint density at radius 3 is 2.92 bits per heavy atom. The molecule has 0 saturated carbocycles. The normalized spacial score (nSPS) is 14.8. The van der Waals surface area contributed by atoms with Crippen LogP contribution in [-0.2, 0) is 0 Å². The lowest BCUT2D eigenvalue weighted by Gasteiger charge is -2.14. The van der Waals surface area contributed by atoms with Crippen LogP contribution in [0.5, 0.6) is 5.75 Å². The molecule has 0 amide bonds. The Labute approximate surface area is 152 Å². The molecule has 0 radical (unpaired) electrons. The molecule has 1 aliphatic rings. The van der Waals surface area contributed by atoms with E-state index in [0.29, 0.717) is 17.5 Å². The zero-order valence-corrected chi connectivity index (χ0v) is 14.7. The molecule has 26 heavy (non-hydrogen) atoms. The second-order valence-corrected chi connectivity index (χ2v) is 6.56. The van der Waals surface area contributed by atoms with Crippen molar-refractivity contribution in [2.24, 2.45) is 0 Å². The number of likely N-dealkylation sites (tertiary alicyclic amines) is 1. The molecule has 1 fully saturated rings. The van der Waals surface area contributed by atoms with Gasteiger partial charge in [0.25, 0.3) is 5.56 Å². The lowest BCUT2D eigenvalue weighted by molar-refractivity contribution is 0.263. The SMILES string of the molecule is O=c1c2cnccc2ncn1-c1cccc(OCCCN2CCCC2)c1. The van der Waals surface area contributed by atoms with Gasteiger partial charge in [-0.25, -0.2) is 4.98 Å². The van der Waals surface area contributed by atoms with E-state index in [-0.39, 0.29) is 5.56 Å². The quantitative estimate of drug-likeness (QED) is 0.640. The van der Waals surface area contributed by atoms with Crippen LogP contribution in [0.2, 0.25) is 0 Å². The summed E-state index contributed by atoms with van der Waals surface area (Å²) < 4.78 is 7.41. The molecule has 0 unspecified atom stereocenters. The van der Waals surface area contributed by atoms with Gasteiger partial charge in [0.15, 0.2) is 0 Å². The average Bonchev–Trinajstić information content (AvgIpc) is 3.20. The Kier molecular flexibility index (Phi) is 4.93. The Hall–Kier alpha value is -2.73. The fourth-order valence-electron chi connectivity index (χ4n) is 3.36. The molecule has 1 saturated heterocycles. The van der Waals surface area contributed by atoms with E-state index in [1.807, 2.05) is 24.3 Å². The van der Waals surface area contributed by atoms with Crippen LogP contribution in [-0.4, -0.2) is 45.7 Å². The molecule has 0 spiro atoms. The molecule has 1 aliphatic heterocycles. The molecule has 4 rings (SSSR count). The molecular weight excluding hydrogens is 328 g/mol. The highest BCUT2D eigenvalue weighted by atomic mass is 16.5. The average molecular weight is 350 g/mol. The molecule has 2 aromatic heterocycles. The first-order chi connectivity index (χ1) is 12.8. The highest BCUT2D eigenvalue weighted by Gasteiger charge is 2.10. The smallest absolute Gasteiger partial charge is 0.267 e. The fourth-order valence-corrected chi connectivity index (χ4v) is 3.36. The second kappa shape index (κ2) is 7.66. The summed E-state index contributed by atoms with van der Waals surface area (Å²) in [6.07, 6.45) is 8.38. The maximum atomic E-state index is 12.7. The fraction of sp³-hybridized carbons (Fsp3) is 0.350. The van der Waals surface area contributed by atoms with Gasteiger partial charge in [-0.3, -0.25) is 14.3 Å². The number of pyridine rings is 1. The zero-order chi connectivity index (χ0) is 17.8. The monoisotopic (exact) mass is 350 g/mol. The van der Waals surface area contributed by atoms with Gasteiger partial charge in [0.2, 0.25) is 0 Å². The molecule has 1 aromatic carbocycles. The summed E-state index contributed by atoms with van der Waals surface area (Å²) in [5.74, 6) is 0.766. The van der Waals surface area contributed by atoms with Crippen molar-refractivity contribution in [3.05, 3.63) is 59.4 Å². The number of ether oxygens (including phenoxy) is 1. The molecule has 6 heteroatoms. The summed E-state index contributed by atoms with van der Waals surface area (Å²) in [7, 11) is 0. The van der Waals surface area contributed by atoms with Gasteiger partial charge in [-0.05, 0) is 50.6 Å². The molecule has 0 bridgehead atoms. The third-order valence-corrected chi connectivity index (χ3v) is 4.74. The lowest BCUT2D eigenvalue weighted by Crippen LogP contribution is -2.22. The first-order valence-corrected chi connectivity index (χ1v) is 9.08. The first kappa shape index (κ1) is 16.7. The molecule has 0 atom stereocenters. The van der Waals surface area contributed by atoms with Crippen molar-refractivity contribution in [2.75, 3.05) is 26.2 Å². The summed E-state index contributed by atoms with van der Waals surface area (Å²) >= 11 is 0. The van der Waals surface area contributed by atoms with E-state index in [1.165, 1.54) is 30.5 Å². The van der Waals surface area contributed by atoms with Crippen LogP contribution in [0.15, 0.2) is 53.8 Å². The van der Waals surface area contributed by atoms with Gasteiger partial charge in [-0.2, -0.15) is 0 Å². The van der Waals surface area contributed by atoms with Crippen LogP contribution in [0, 0.1) is 0 Å². The maximum absolute atomic E-state index is 12.7. The van der Waals surface area contributed by atoms with E-state index in [4.69, 9.17) is 4.74 Å². The molecule has 134 valence electrons. The molecular formula is C20H22N4O2. The van der Waals surface area contributed by atoms with E-state index in [2.05, 4.69) is 14.9 Å². The predicted molar refractivity (Wildman–Crippen MR) is 101 cm³/mol. The van der Waals surface area contributed by atoms with Gasteiger partial charge in [-0.1, -0.05) is 6.07 Å². The zero-order valence-electron chi connectivity index (χ0n) is 14.7. The van der Waals surface area contributed by atoms with Crippen molar-refractivity contribution in [1.82, 2.24) is 19.4 Å². The minimum Gasteiger partial charge on any atom is -0.493 e. The van der Waals surface area contributed by atoms with Crippen LogP contribution in [0.25, 0.3) is 16.6 Å². The van der Waals surface area contributed by atoms with E-state index in [0.717, 1.165) is 24.4 Å². The topological polar surface area (TPSA) is 60.3 Å². The standard InChI is InChI=1S/C20H22N4O2/c25-20-18-14-21-8-7-19(18)22-15-24(20)16-5-3-6-17(13-16)26-12-4-11-23-9-1-2-10-23/h3,5-8,13-15H,1-2,4,9-12H2. The van der Waals surface area contributed by atoms with Crippen LogP contribution in [0.4, 0.5) is 0 Å². The number of hydrogen-bond donors (Lipinski definition) is 0. The Morgan fingerprint density at radius 1 is 1.15 bits per heavy atom. The Bertz CT molecular complexity index is 948. The van der Waals surface area contributed by atoms with Crippen molar-refractivity contribution in [3.63, 3.8) is 0 Å². The summed E-state index contributed by atoms with van der Waals surface area (Å²) in [4.78, 5) is 23.5. The van der Waals surface area contributed by atoms with Gasteiger partial charge in [0.05, 0.1) is 23.2 Å². The van der Waals surface area contributed by atoms with Crippen molar-refractivity contribution in [1.29, 1.82) is 0 Å². The first-order valence-electron chi connectivity index (χ1n) is 9.08. The third-order valence-electron chi connectivity index (χ3n) is 4.74. The highest BCUT2D eigenvalue weighted by molar-refractivity contribution is 5.76. The highest BCUT2D eigenvalue weighted by Crippen LogP contribution is 2.17. The minimum absolute atomic E-state index is 0.130. The maximum Gasteiger partial charge on any atom is 0.267 e. The summed E-state index contributed by atoms with van der Waals surface area (Å²) in [6.45, 7) is 4.18. The van der Waals surface area contributed by atoms with Crippen LogP contribution in [0.1, 0.15) is 19.3 Å². The van der Waals surface area contributed by atoms with Crippen molar-refractivity contribution >= 4 is 10.9 Å². The van der Waals surface area contributed by atoms with Gasteiger partial charge in [-0.15, -0.1) is 0 Å². The molecule has 3 aromatic rings. The molecule has 0 aliphatic carbocycles. The molecule has 0 N–H and O–H groups in total. The number of benzene rings is 1. The van der Waals surface area contributed by atoms with E-state index >= 15 is 0 Å². The van der Waals surface area contributed by atoms with E-state index < -0.39 is 0 Å². The number of nitrogens with zero attached hydrogens (tertiary/aromatic N) is 4. The molecule has 3 heterocycles. The lowest BCUT2D eigenvalue weighted by atomic mass is 10.2. The predicted octanol–water partition coefficient (Wildman–Crippen LogP) is 2.65. The molecule has 6 nitrogen and oxygen atoms in total. The van der Waals surface area contributed by atoms with Gasteiger partial charge in [0, 0.05) is 25.0 Å². The number of fused-ring (bicyclic) bond motifs is 1. The van der Waals surface area contributed by atoms with E-state index in [9.17, 15) is 4.79 Å². The largest absolute Gasteiger partial charge is 0.493 e. The Morgan fingerprint density at radius 2 is 2.04 bits per heavy atom. The van der Waals surface area contributed by atoms with E-state index in [1.54, 1.807) is 24.8 Å². The van der Waals surface area contributed by atoms with Crippen LogP contribution >= 0.6 is 0 Å². The Balaban J connectivity index is 1.47. The summed E-state index contributed by atoms with van der Waals surface area (Å²) in [5.41, 5.74) is 1.26. The second-order valence-electron chi connectivity index (χ2n) is 6.56. The summed E-state index contributed by atoms with van der Waals surface area (Å²) in [5, 5.41) is 0.506. The number of rotatable bonds is 6. The minimum atomic E-state index is -0.130. The van der Waals surface area contributed by atoms with Gasteiger partial charge in [0.1, 0.15) is 12.1 Å². The van der Waals surface area contributed by atoms with Gasteiger partial charge >= 0.3 is 0 Å². The number of aromatic nitrogens is 3. The van der Waals surface area contributed by atoms with Crippen LogP contribution in [0.3, 0.4) is 0 Å². The van der Waals surface area contributed by atoms with Crippen LogP contribution < -0.4 is 10.3 Å². The summed E-state index contributed by atoms with van der Waals surface area (Å²) in [6, 6.07) is 9.30. The number of hydrogen-bond acceptors (Lipinski definition) is 5. The third kappa shape index (κ3) is 3.60.